The molecule has 174 valence electrons. The number of pyridine rings is 1. The summed E-state index contributed by atoms with van der Waals surface area (Å²) in [5.74, 6) is -1.24. The summed E-state index contributed by atoms with van der Waals surface area (Å²) in [7, 11) is 0. The van der Waals surface area contributed by atoms with E-state index in [1.165, 1.54) is 31.2 Å². The summed E-state index contributed by atoms with van der Waals surface area (Å²) in [4.78, 5) is 28.7. The van der Waals surface area contributed by atoms with E-state index in [4.69, 9.17) is 4.74 Å². The topological polar surface area (TPSA) is 80.3 Å². The van der Waals surface area contributed by atoms with Crippen molar-refractivity contribution in [2.75, 3.05) is 11.9 Å². The van der Waals surface area contributed by atoms with Gasteiger partial charge >= 0.3 is 6.09 Å². The number of rotatable bonds is 7. The molecular weight excluding hydrogens is 423 g/mol. The zero-order chi connectivity index (χ0) is 24.3. The maximum Gasteiger partial charge on any atom is 0.407 e. The summed E-state index contributed by atoms with van der Waals surface area (Å²) in [6.07, 6.45) is -2.33. The number of nitrogens with one attached hydrogen (secondary N) is 2. The quantitative estimate of drug-likeness (QED) is 0.550. The average Bonchev–Trinajstić information content (AvgIpc) is 2.66. The molecule has 0 saturated carbocycles. The molecule has 0 atom stereocenters. The standard InChI is InChI=1S/C23H28F3N3O3/c1-13-10-14(11-27-17(13)20(25)26)19(30)15-8-7-9-16(24)18(15)29-23(5,6)12-28-21(31)32-22(2,3)4/h7-11,20,29H,12H2,1-6H3,(H,28,31). The van der Waals surface area contributed by atoms with Crippen LogP contribution in [0.25, 0.3) is 0 Å². The van der Waals surface area contributed by atoms with Gasteiger partial charge in [0.2, 0.25) is 0 Å². The van der Waals surface area contributed by atoms with Crippen molar-refractivity contribution in [1.29, 1.82) is 0 Å². The number of aromatic nitrogens is 1. The van der Waals surface area contributed by atoms with Gasteiger partial charge in [0.25, 0.3) is 6.43 Å². The fourth-order valence-electron chi connectivity index (χ4n) is 2.92. The highest BCUT2D eigenvalue weighted by molar-refractivity contribution is 6.12. The van der Waals surface area contributed by atoms with Gasteiger partial charge in [-0.25, -0.2) is 18.0 Å². The summed E-state index contributed by atoms with van der Waals surface area (Å²) in [6.45, 7) is 10.1. The fourth-order valence-corrected chi connectivity index (χ4v) is 2.92. The van der Waals surface area contributed by atoms with E-state index in [0.29, 0.717) is 0 Å². The number of carbonyl (C=O) groups excluding carboxylic acids is 2. The van der Waals surface area contributed by atoms with Gasteiger partial charge in [-0.1, -0.05) is 6.07 Å². The number of alkyl halides is 2. The second kappa shape index (κ2) is 9.58. The molecule has 1 heterocycles. The van der Waals surface area contributed by atoms with Crippen LogP contribution in [0.1, 0.15) is 68.2 Å². The predicted octanol–water partition coefficient (Wildman–Crippen LogP) is 5.41. The van der Waals surface area contributed by atoms with Crippen LogP contribution in [-0.2, 0) is 4.74 Å². The van der Waals surface area contributed by atoms with Gasteiger partial charge in [-0.3, -0.25) is 9.78 Å². The Morgan fingerprint density at radius 3 is 2.38 bits per heavy atom. The van der Waals surface area contributed by atoms with Crippen molar-refractivity contribution in [1.82, 2.24) is 10.3 Å². The van der Waals surface area contributed by atoms with Crippen LogP contribution in [0.15, 0.2) is 30.5 Å². The first-order valence-corrected chi connectivity index (χ1v) is 10.0. The van der Waals surface area contributed by atoms with Crippen LogP contribution in [0.5, 0.6) is 0 Å². The minimum atomic E-state index is -2.76. The van der Waals surface area contributed by atoms with Gasteiger partial charge in [-0.15, -0.1) is 0 Å². The number of ether oxygens (including phenoxy) is 1. The molecular formula is C23H28F3N3O3. The second-order valence-corrected chi connectivity index (χ2v) is 9.08. The molecule has 1 amide bonds. The van der Waals surface area contributed by atoms with Gasteiger partial charge in [0, 0.05) is 29.4 Å². The number of alkyl carbamates (subject to hydrolysis) is 1. The summed E-state index contributed by atoms with van der Waals surface area (Å²) < 4.78 is 45.8. The number of ketones is 1. The minimum Gasteiger partial charge on any atom is -0.444 e. The first-order valence-electron chi connectivity index (χ1n) is 10.0. The van der Waals surface area contributed by atoms with Gasteiger partial charge in [0.1, 0.15) is 17.1 Å². The summed E-state index contributed by atoms with van der Waals surface area (Å²) >= 11 is 0. The molecule has 0 aliphatic carbocycles. The van der Waals surface area contributed by atoms with Crippen LogP contribution in [0.2, 0.25) is 0 Å². The van der Waals surface area contributed by atoms with Gasteiger partial charge < -0.3 is 15.4 Å². The Bertz CT molecular complexity index is 1000. The third-order valence-corrected chi connectivity index (χ3v) is 4.38. The van der Waals surface area contributed by atoms with Crippen molar-refractivity contribution in [3.63, 3.8) is 0 Å². The number of halogens is 3. The number of nitrogens with zero attached hydrogens (tertiary/aromatic N) is 1. The van der Waals surface area contributed by atoms with Crippen molar-refractivity contribution in [3.05, 3.63) is 58.7 Å². The highest BCUT2D eigenvalue weighted by Gasteiger charge is 2.26. The zero-order valence-electron chi connectivity index (χ0n) is 19.0. The number of hydrogen-bond acceptors (Lipinski definition) is 5. The van der Waals surface area contributed by atoms with E-state index in [-0.39, 0.29) is 28.9 Å². The molecule has 0 radical (unpaired) electrons. The van der Waals surface area contributed by atoms with Crippen LogP contribution in [0.3, 0.4) is 0 Å². The SMILES string of the molecule is Cc1cc(C(=O)c2cccc(F)c2NC(C)(C)CNC(=O)OC(C)(C)C)cnc1C(F)F. The molecule has 2 aromatic rings. The van der Waals surface area contributed by atoms with E-state index in [1.807, 2.05) is 0 Å². The number of para-hydroxylation sites is 1. The molecule has 0 unspecified atom stereocenters. The largest absolute Gasteiger partial charge is 0.444 e. The number of aryl methyl sites for hydroxylation is 1. The Balaban J connectivity index is 2.26. The number of hydrogen-bond donors (Lipinski definition) is 2. The Hall–Kier alpha value is -3.10. The monoisotopic (exact) mass is 451 g/mol. The molecule has 1 aromatic heterocycles. The molecule has 0 spiro atoms. The van der Waals surface area contributed by atoms with Gasteiger partial charge in [0.15, 0.2) is 5.78 Å². The number of amides is 1. The Morgan fingerprint density at radius 2 is 1.81 bits per heavy atom. The third kappa shape index (κ3) is 6.70. The average molecular weight is 451 g/mol. The molecule has 0 fully saturated rings. The molecule has 9 heteroatoms. The number of carbonyl (C=O) groups is 2. The van der Waals surface area contributed by atoms with E-state index >= 15 is 0 Å². The molecule has 0 aliphatic rings. The lowest BCUT2D eigenvalue weighted by atomic mass is 9.98. The fraction of sp³-hybridized carbons (Fsp3) is 0.435. The highest BCUT2D eigenvalue weighted by Crippen LogP contribution is 2.27. The van der Waals surface area contributed by atoms with Crippen molar-refractivity contribution < 1.29 is 27.5 Å². The van der Waals surface area contributed by atoms with Gasteiger partial charge in [-0.2, -0.15) is 0 Å². The molecule has 1 aromatic carbocycles. The summed E-state index contributed by atoms with van der Waals surface area (Å²) in [5, 5.41) is 5.57. The normalized spacial score (nSPS) is 11.9. The first kappa shape index (κ1) is 25.2. The van der Waals surface area contributed by atoms with Gasteiger partial charge in [0.05, 0.1) is 5.69 Å². The van der Waals surface area contributed by atoms with E-state index in [9.17, 15) is 22.8 Å². The molecule has 0 saturated heterocycles. The van der Waals surface area contributed by atoms with Crippen molar-refractivity contribution in [3.8, 4) is 0 Å². The van der Waals surface area contributed by atoms with Crippen molar-refractivity contribution >= 4 is 17.6 Å². The van der Waals surface area contributed by atoms with Crippen LogP contribution >= 0.6 is 0 Å². The predicted molar refractivity (Wildman–Crippen MR) is 116 cm³/mol. The van der Waals surface area contributed by atoms with Crippen molar-refractivity contribution in [2.45, 2.75) is 59.1 Å². The Labute approximate surface area is 185 Å². The Kier molecular flexibility index (Phi) is 7.54. The molecule has 32 heavy (non-hydrogen) atoms. The van der Waals surface area contributed by atoms with Crippen LogP contribution in [-0.4, -0.2) is 34.5 Å². The van der Waals surface area contributed by atoms with E-state index in [2.05, 4.69) is 15.6 Å². The molecule has 0 bridgehead atoms. The van der Waals surface area contributed by atoms with E-state index in [1.54, 1.807) is 34.6 Å². The smallest absolute Gasteiger partial charge is 0.407 e. The molecule has 6 nitrogen and oxygen atoms in total. The highest BCUT2D eigenvalue weighted by atomic mass is 19.3. The van der Waals surface area contributed by atoms with E-state index < -0.39 is 41.0 Å². The van der Waals surface area contributed by atoms with Crippen LogP contribution < -0.4 is 10.6 Å². The zero-order valence-corrected chi connectivity index (χ0v) is 19.0. The molecule has 2 rings (SSSR count). The van der Waals surface area contributed by atoms with Gasteiger partial charge in [-0.05, 0) is 65.3 Å². The minimum absolute atomic E-state index is 0.0151. The lowest BCUT2D eigenvalue weighted by Crippen LogP contribution is -2.46. The Morgan fingerprint density at radius 1 is 1.16 bits per heavy atom. The summed E-state index contributed by atoms with van der Waals surface area (Å²) in [6, 6.07) is 5.32. The molecule has 2 N–H and O–H groups in total. The number of anilines is 1. The molecule has 0 aliphatic heterocycles. The number of benzene rings is 1. The summed E-state index contributed by atoms with van der Waals surface area (Å²) in [5.41, 5.74) is -1.76. The van der Waals surface area contributed by atoms with Crippen LogP contribution in [0.4, 0.5) is 23.7 Å². The maximum atomic E-state index is 14.7. The first-order chi connectivity index (χ1) is 14.7. The maximum absolute atomic E-state index is 14.7. The van der Waals surface area contributed by atoms with E-state index in [0.717, 1.165) is 6.20 Å². The lowest BCUT2D eigenvalue weighted by Gasteiger charge is -2.30. The lowest BCUT2D eigenvalue weighted by molar-refractivity contribution is 0.0519. The van der Waals surface area contributed by atoms with Crippen molar-refractivity contribution in [2.24, 2.45) is 0 Å². The third-order valence-electron chi connectivity index (χ3n) is 4.38. The van der Waals surface area contributed by atoms with Crippen LogP contribution in [0, 0.1) is 12.7 Å². The second-order valence-electron chi connectivity index (χ2n) is 9.08.